The molecule has 0 radical (unpaired) electrons. The van der Waals surface area contributed by atoms with Gasteiger partial charge in [-0.05, 0) is 36.8 Å². The summed E-state index contributed by atoms with van der Waals surface area (Å²) < 4.78 is 9.77. The Morgan fingerprint density at radius 2 is 1.69 bits per heavy atom. The molecule has 0 aliphatic carbocycles. The first-order chi connectivity index (χ1) is 12.5. The van der Waals surface area contributed by atoms with Gasteiger partial charge in [-0.2, -0.15) is 0 Å². The largest absolute Gasteiger partial charge is 0.465 e. The molecule has 136 valence electrons. The van der Waals surface area contributed by atoms with Gasteiger partial charge in [-0.3, -0.25) is 4.79 Å². The number of nitrogens with one attached hydrogen (secondary N) is 1. The summed E-state index contributed by atoms with van der Waals surface area (Å²) in [6, 6.07) is 14.5. The van der Waals surface area contributed by atoms with Crippen LogP contribution in [0.3, 0.4) is 0 Å². The normalized spacial score (nSPS) is 11.3. The molecule has 2 aromatic carbocycles. The minimum atomic E-state index is -0.865. The third-order valence-corrected chi connectivity index (χ3v) is 3.70. The van der Waals surface area contributed by atoms with Gasteiger partial charge in [0.2, 0.25) is 0 Å². The average molecular weight is 355 g/mol. The summed E-state index contributed by atoms with van der Waals surface area (Å²) >= 11 is 0. The van der Waals surface area contributed by atoms with E-state index in [4.69, 9.17) is 9.47 Å². The van der Waals surface area contributed by atoms with Crippen LogP contribution in [0.4, 0.5) is 0 Å². The van der Waals surface area contributed by atoms with Crippen LogP contribution >= 0.6 is 0 Å². The van der Waals surface area contributed by atoms with Gasteiger partial charge in [-0.25, -0.2) is 9.59 Å². The Hall–Kier alpha value is -3.15. The smallest absolute Gasteiger partial charge is 0.337 e. The molecule has 1 atom stereocenters. The molecule has 0 saturated carbocycles. The molecule has 0 aliphatic rings. The Morgan fingerprint density at radius 1 is 1.00 bits per heavy atom. The molecule has 1 N–H and O–H groups in total. The number of rotatable bonds is 7. The van der Waals surface area contributed by atoms with Crippen molar-refractivity contribution in [2.45, 2.75) is 19.4 Å². The van der Waals surface area contributed by atoms with Crippen LogP contribution in [0.2, 0.25) is 0 Å². The van der Waals surface area contributed by atoms with E-state index in [0.29, 0.717) is 16.7 Å². The molecule has 6 nitrogen and oxygen atoms in total. The summed E-state index contributed by atoms with van der Waals surface area (Å²) in [6.45, 7) is 1.91. The van der Waals surface area contributed by atoms with Gasteiger partial charge in [0.15, 0.2) is 0 Å². The number of esters is 2. The lowest BCUT2D eigenvalue weighted by Crippen LogP contribution is -2.43. The molecule has 0 bridgehead atoms. The molecule has 6 heteroatoms. The van der Waals surface area contributed by atoms with E-state index >= 15 is 0 Å². The molecule has 0 saturated heterocycles. The van der Waals surface area contributed by atoms with Crippen LogP contribution in [0.5, 0.6) is 0 Å². The third-order valence-electron chi connectivity index (χ3n) is 3.70. The van der Waals surface area contributed by atoms with Gasteiger partial charge in [-0.1, -0.05) is 30.3 Å². The summed E-state index contributed by atoms with van der Waals surface area (Å²) in [6.07, 6.45) is 0.197. The second-order valence-corrected chi connectivity index (χ2v) is 5.54. The van der Waals surface area contributed by atoms with Crippen LogP contribution < -0.4 is 5.32 Å². The zero-order valence-electron chi connectivity index (χ0n) is 14.7. The van der Waals surface area contributed by atoms with Gasteiger partial charge < -0.3 is 14.8 Å². The Balaban J connectivity index is 2.18. The molecule has 2 aromatic rings. The summed E-state index contributed by atoms with van der Waals surface area (Å²) in [5.74, 6) is -1.36. The molecule has 0 fully saturated rings. The molecule has 0 aromatic heterocycles. The van der Waals surface area contributed by atoms with Crippen molar-refractivity contribution in [3.63, 3.8) is 0 Å². The monoisotopic (exact) mass is 355 g/mol. The Bertz CT molecular complexity index is 773. The summed E-state index contributed by atoms with van der Waals surface area (Å²) in [5.41, 5.74) is 1.53. The molecule has 1 amide bonds. The second kappa shape index (κ2) is 9.36. The number of hydrogen-bond donors (Lipinski definition) is 1. The van der Waals surface area contributed by atoms with Crippen molar-refractivity contribution in [1.82, 2.24) is 5.32 Å². The molecule has 26 heavy (non-hydrogen) atoms. The Morgan fingerprint density at radius 3 is 2.35 bits per heavy atom. The molecule has 0 spiro atoms. The Labute approximate surface area is 152 Å². The summed E-state index contributed by atoms with van der Waals surface area (Å²) in [4.78, 5) is 36.3. The zero-order valence-corrected chi connectivity index (χ0v) is 14.7. The third kappa shape index (κ3) is 5.17. The van der Waals surface area contributed by atoms with E-state index in [0.717, 1.165) is 0 Å². The SMILES string of the molecule is CCOC(=O)C(Cc1cccc(C(=O)OC)c1)NC(=O)c1ccccc1. The van der Waals surface area contributed by atoms with Crippen LogP contribution in [-0.4, -0.2) is 37.6 Å². The van der Waals surface area contributed by atoms with E-state index in [1.165, 1.54) is 7.11 Å². The topological polar surface area (TPSA) is 81.7 Å². The summed E-state index contributed by atoms with van der Waals surface area (Å²) in [5, 5.41) is 2.70. The van der Waals surface area contributed by atoms with E-state index in [9.17, 15) is 14.4 Å². The maximum absolute atomic E-state index is 12.4. The van der Waals surface area contributed by atoms with Crippen molar-refractivity contribution >= 4 is 17.8 Å². The van der Waals surface area contributed by atoms with Crippen molar-refractivity contribution in [2.24, 2.45) is 0 Å². The molecule has 0 aliphatic heterocycles. The van der Waals surface area contributed by atoms with Crippen LogP contribution in [0.25, 0.3) is 0 Å². The predicted molar refractivity (Wildman–Crippen MR) is 95.8 cm³/mol. The number of carbonyl (C=O) groups excluding carboxylic acids is 3. The standard InChI is InChI=1S/C20H21NO5/c1-3-26-20(24)17(21-18(22)15-9-5-4-6-10-15)13-14-8-7-11-16(12-14)19(23)25-2/h4-12,17H,3,13H2,1-2H3,(H,21,22). The lowest BCUT2D eigenvalue weighted by molar-refractivity contribution is -0.145. The molecule has 0 heterocycles. The number of methoxy groups -OCH3 is 1. The number of ether oxygens (including phenoxy) is 2. The second-order valence-electron chi connectivity index (χ2n) is 5.54. The fraction of sp³-hybridized carbons (Fsp3) is 0.250. The van der Waals surface area contributed by atoms with Crippen molar-refractivity contribution in [3.8, 4) is 0 Å². The highest BCUT2D eigenvalue weighted by Crippen LogP contribution is 2.11. The highest BCUT2D eigenvalue weighted by Gasteiger charge is 2.23. The fourth-order valence-electron chi connectivity index (χ4n) is 2.45. The first-order valence-electron chi connectivity index (χ1n) is 8.25. The summed E-state index contributed by atoms with van der Waals surface area (Å²) in [7, 11) is 1.30. The number of amides is 1. The molecular weight excluding hydrogens is 334 g/mol. The lowest BCUT2D eigenvalue weighted by atomic mass is 10.0. The zero-order chi connectivity index (χ0) is 18.9. The molecule has 1 unspecified atom stereocenters. The quantitative estimate of drug-likeness (QED) is 0.771. The van der Waals surface area contributed by atoms with Gasteiger partial charge >= 0.3 is 11.9 Å². The number of carbonyl (C=O) groups is 3. The van der Waals surface area contributed by atoms with Gasteiger partial charge in [0.25, 0.3) is 5.91 Å². The maximum atomic E-state index is 12.4. The van der Waals surface area contributed by atoms with Crippen LogP contribution in [0, 0.1) is 0 Å². The average Bonchev–Trinajstić information content (AvgIpc) is 2.67. The van der Waals surface area contributed by atoms with Crippen molar-refractivity contribution < 1.29 is 23.9 Å². The van der Waals surface area contributed by atoms with Gasteiger partial charge in [0.1, 0.15) is 6.04 Å². The van der Waals surface area contributed by atoms with Crippen LogP contribution in [-0.2, 0) is 20.7 Å². The minimum absolute atomic E-state index is 0.197. The van der Waals surface area contributed by atoms with Crippen LogP contribution in [0.15, 0.2) is 54.6 Å². The van der Waals surface area contributed by atoms with Crippen molar-refractivity contribution in [3.05, 3.63) is 71.3 Å². The highest BCUT2D eigenvalue weighted by atomic mass is 16.5. The highest BCUT2D eigenvalue weighted by molar-refractivity contribution is 5.96. The van der Waals surface area contributed by atoms with Crippen molar-refractivity contribution in [1.29, 1.82) is 0 Å². The predicted octanol–water partition coefficient (Wildman–Crippen LogP) is 2.38. The van der Waals surface area contributed by atoms with E-state index in [1.54, 1.807) is 61.5 Å². The van der Waals surface area contributed by atoms with Gasteiger partial charge in [0, 0.05) is 12.0 Å². The Kier molecular flexibility index (Phi) is 6.91. The number of hydrogen-bond acceptors (Lipinski definition) is 5. The number of benzene rings is 2. The first-order valence-corrected chi connectivity index (χ1v) is 8.25. The maximum Gasteiger partial charge on any atom is 0.337 e. The van der Waals surface area contributed by atoms with E-state index in [-0.39, 0.29) is 18.9 Å². The fourth-order valence-corrected chi connectivity index (χ4v) is 2.45. The lowest BCUT2D eigenvalue weighted by Gasteiger charge is -2.18. The van der Waals surface area contributed by atoms with Gasteiger partial charge in [0.05, 0.1) is 19.3 Å². The van der Waals surface area contributed by atoms with Crippen molar-refractivity contribution in [2.75, 3.05) is 13.7 Å². The van der Waals surface area contributed by atoms with E-state index in [1.807, 2.05) is 0 Å². The first kappa shape index (κ1) is 19.2. The van der Waals surface area contributed by atoms with E-state index < -0.39 is 18.0 Å². The van der Waals surface area contributed by atoms with E-state index in [2.05, 4.69) is 5.32 Å². The van der Waals surface area contributed by atoms with Gasteiger partial charge in [-0.15, -0.1) is 0 Å². The molecule has 2 rings (SSSR count). The minimum Gasteiger partial charge on any atom is -0.465 e. The molecular formula is C20H21NO5. The van der Waals surface area contributed by atoms with Crippen LogP contribution in [0.1, 0.15) is 33.2 Å².